The van der Waals surface area contributed by atoms with Crippen molar-refractivity contribution in [3.05, 3.63) is 12.2 Å². The Morgan fingerprint density at radius 3 is 1.67 bits per heavy atom. The minimum atomic E-state index is 0. The van der Waals surface area contributed by atoms with Crippen LogP contribution in [0.3, 0.4) is 0 Å². The monoisotopic (exact) mass is 291 g/mol. The zero-order chi connectivity index (χ0) is 12.0. The molecule has 2 heteroatoms. The average molecular weight is 291 g/mol. The summed E-state index contributed by atoms with van der Waals surface area (Å²) in [5.41, 5.74) is 1.15. The second-order valence-corrected chi connectivity index (χ2v) is 3.59. The first kappa shape index (κ1) is 24.9. The topological polar surface area (TPSA) is 20.2 Å². The van der Waals surface area contributed by atoms with Gasteiger partial charge in [0, 0.05) is 39.3 Å². The Kier molecular flexibility index (Phi) is 40.0. The first-order valence-electron chi connectivity index (χ1n) is 5.79. The van der Waals surface area contributed by atoms with Crippen molar-refractivity contribution in [2.24, 2.45) is 5.92 Å². The van der Waals surface area contributed by atoms with Gasteiger partial charge in [-0.15, -0.1) is 6.58 Å². The van der Waals surface area contributed by atoms with E-state index >= 15 is 0 Å². The Morgan fingerprint density at radius 2 is 1.60 bits per heavy atom. The van der Waals surface area contributed by atoms with Crippen molar-refractivity contribution in [3.63, 3.8) is 0 Å². The van der Waals surface area contributed by atoms with Crippen LogP contribution in [-0.4, -0.2) is 11.7 Å². The van der Waals surface area contributed by atoms with Crippen LogP contribution in [0.1, 0.15) is 60.8 Å². The first-order valence-corrected chi connectivity index (χ1v) is 5.79. The molecule has 1 nitrogen and oxygen atoms in total. The van der Waals surface area contributed by atoms with Crippen LogP contribution in [0.2, 0.25) is 0 Å². The SMILES string of the molecule is C=C(C)CCCO.CC.CCC(C)C.[Y]. The van der Waals surface area contributed by atoms with Gasteiger partial charge in [-0.25, -0.2) is 0 Å². The van der Waals surface area contributed by atoms with Gasteiger partial charge in [-0.05, 0) is 25.7 Å². The summed E-state index contributed by atoms with van der Waals surface area (Å²) in [7, 11) is 0. The van der Waals surface area contributed by atoms with Crippen LogP contribution in [0.4, 0.5) is 0 Å². The fourth-order valence-electron chi connectivity index (χ4n) is 0.381. The Balaban J connectivity index is -0.0000000675. The average Bonchev–Trinajstić information content (AvgIpc) is 2.18. The van der Waals surface area contributed by atoms with Crippen molar-refractivity contribution in [1.82, 2.24) is 0 Å². The van der Waals surface area contributed by atoms with Gasteiger partial charge >= 0.3 is 0 Å². The number of aliphatic hydroxyl groups excluding tert-OH is 1. The van der Waals surface area contributed by atoms with Crippen LogP contribution in [0, 0.1) is 5.92 Å². The van der Waals surface area contributed by atoms with Gasteiger partial charge in [-0.1, -0.05) is 46.6 Å². The molecule has 0 aliphatic rings. The van der Waals surface area contributed by atoms with Crippen molar-refractivity contribution in [1.29, 1.82) is 0 Å². The molecule has 91 valence electrons. The molecule has 0 saturated heterocycles. The molecule has 0 spiro atoms. The van der Waals surface area contributed by atoms with Crippen LogP contribution in [0.25, 0.3) is 0 Å². The summed E-state index contributed by atoms with van der Waals surface area (Å²) >= 11 is 0. The summed E-state index contributed by atoms with van der Waals surface area (Å²) in [6.45, 7) is 16.6. The van der Waals surface area contributed by atoms with Crippen LogP contribution in [0.5, 0.6) is 0 Å². The Morgan fingerprint density at radius 1 is 1.27 bits per heavy atom. The van der Waals surface area contributed by atoms with E-state index < -0.39 is 0 Å². The van der Waals surface area contributed by atoms with Crippen LogP contribution in [-0.2, 0) is 32.7 Å². The second kappa shape index (κ2) is 24.2. The summed E-state index contributed by atoms with van der Waals surface area (Å²) in [5.74, 6) is 0.884. The van der Waals surface area contributed by atoms with E-state index in [0.717, 1.165) is 24.3 Å². The Labute approximate surface area is 123 Å². The summed E-state index contributed by atoms with van der Waals surface area (Å²) < 4.78 is 0. The molecule has 0 unspecified atom stereocenters. The van der Waals surface area contributed by atoms with Gasteiger partial charge in [0.15, 0.2) is 0 Å². The third kappa shape index (κ3) is 52.4. The molecule has 1 radical (unpaired) electrons. The van der Waals surface area contributed by atoms with E-state index in [9.17, 15) is 0 Å². The van der Waals surface area contributed by atoms with E-state index in [4.69, 9.17) is 5.11 Å². The zero-order valence-corrected chi connectivity index (χ0v) is 14.5. The summed E-state index contributed by atoms with van der Waals surface area (Å²) in [6, 6.07) is 0. The minimum absolute atomic E-state index is 0. The molecule has 15 heavy (non-hydrogen) atoms. The Bertz CT molecular complexity index is 101. The van der Waals surface area contributed by atoms with Crippen molar-refractivity contribution in [2.45, 2.75) is 60.8 Å². The van der Waals surface area contributed by atoms with Crippen LogP contribution < -0.4 is 0 Å². The third-order valence-electron chi connectivity index (χ3n) is 1.58. The van der Waals surface area contributed by atoms with Gasteiger partial charge < -0.3 is 5.11 Å². The van der Waals surface area contributed by atoms with E-state index in [0.29, 0.717) is 0 Å². The molecular weight excluding hydrogens is 261 g/mol. The molecule has 0 aromatic rings. The van der Waals surface area contributed by atoms with Gasteiger partial charge in [0.1, 0.15) is 0 Å². The smallest absolute Gasteiger partial charge is 0.0434 e. The predicted molar refractivity (Wildman–Crippen MR) is 67.6 cm³/mol. The van der Waals surface area contributed by atoms with Crippen molar-refractivity contribution in [2.75, 3.05) is 6.61 Å². The quantitative estimate of drug-likeness (QED) is 0.761. The number of aliphatic hydroxyl groups is 1. The third-order valence-corrected chi connectivity index (χ3v) is 1.58. The molecule has 0 heterocycles. The molecule has 0 rings (SSSR count). The second-order valence-electron chi connectivity index (χ2n) is 3.59. The molecule has 0 atom stereocenters. The fourth-order valence-corrected chi connectivity index (χ4v) is 0.381. The molecule has 0 aromatic carbocycles. The van der Waals surface area contributed by atoms with E-state index in [1.165, 1.54) is 6.42 Å². The molecular formula is C13H30OY. The van der Waals surface area contributed by atoms with Crippen LogP contribution in [0.15, 0.2) is 12.2 Å². The van der Waals surface area contributed by atoms with Gasteiger partial charge in [0.05, 0.1) is 0 Å². The molecule has 0 amide bonds. The van der Waals surface area contributed by atoms with E-state index in [1.54, 1.807) is 0 Å². The molecule has 0 aliphatic heterocycles. The van der Waals surface area contributed by atoms with Gasteiger partial charge in [0.2, 0.25) is 0 Å². The number of hydrogen-bond donors (Lipinski definition) is 1. The number of allylic oxidation sites excluding steroid dienone is 1. The molecule has 0 fully saturated rings. The van der Waals surface area contributed by atoms with Crippen molar-refractivity contribution in [3.8, 4) is 0 Å². The molecule has 0 aromatic heterocycles. The molecule has 0 aliphatic carbocycles. The molecule has 1 N–H and O–H groups in total. The van der Waals surface area contributed by atoms with Gasteiger partial charge in [-0.3, -0.25) is 0 Å². The number of hydrogen-bond acceptors (Lipinski definition) is 1. The van der Waals surface area contributed by atoms with Crippen molar-refractivity contribution < 1.29 is 37.8 Å². The molecule has 0 bridgehead atoms. The predicted octanol–water partition coefficient (Wildman–Crippen LogP) is 4.41. The summed E-state index contributed by atoms with van der Waals surface area (Å²) in [5, 5.41) is 8.27. The maximum atomic E-state index is 8.27. The van der Waals surface area contributed by atoms with Crippen molar-refractivity contribution >= 4 is 0 Å². The largest absolute Gasteiger partial charge is 0.396 e. The zero-order valence-electron chi connectivity index (χ0n) is 11.6. The van der Waals surface area contributed by atoms with E-state index in [1.807, 2.05) is 20.8 Å². The normalized spacial score (nSPS) is 7.73. The van der Waals surface area contributed by atoms with E-state index in [2.05, 4.69) is 27.4 Å². The summed E-state index contributed by atoms with van der Waals surface area (Å²) in [4.78, 5) is 0. The Hall–Kier alpha value is 0.804. The minimum Gasteiger partial charge on any atom is -0.396 e. The molecule has 0 saturated carbocycles. The summed E-state index contributed by atoms with van der Waals surface area (Å²) in [6.07, 6.45) is 3.12. The maximum Gasteiger partial charge on any atom is 0.0434 e. The van der Waals surface area contributed by atoms with E-state index in [-0.39, 0.29) is 39.3 Å². The van der Waals surface area contributed by atoms with Crippen LogP contribution >= 0.6 is 0 Å². The standard InChI is InChI=1S/C6H12O.C5H12.C2H6.Y/c1-6(2)4-3-5-7;1-4-5(2)3;1-2;/h7H,1,3-5H2,2H3;5H,4H2,1-3H3;1-2H3;. The number of rotatable bonds is 4. The van der Waals surface area contributed by atoms with Gasteiger partial charge in [0.25, 0.3) is 0 Å². The maximum absolute atomic E-state index is 8.27. The first-order chi connectivity index (χ1) is 6.54. The van der Waals surface area contributed by atoms with Gasteiger partial charge in [-0.2, -0.15) is 0 Å². The fraction of sp³-hybridized carbons (Fsp3) is 0.846.